The van der Waals surface area contributed by atoms with Crippen molar-refractivity contribution in [1.29, 1.82) is 0 Å². The summed E-state index contributed by atoms with van der Waals surface area (Å²) in [5.74, 6) is 1.65. The van der Waals surface area contributed by atoms with Gasteiger partial charge in [0.1, 0.15) is 11.6 Å². The normalized spacial score (nSPS) is 10.2. The first-order valence-corrected chi connectivity index (χ1v) is 6.65. The first-order chi connectivity index (χ1) is 9.35. The van der Waals surface area contributed by atoms with Crippen molar-refractivity contribution in [3.63, 3.8) is 0 Å². The minimum Gasteiger partial charge on any atom is -0.493 e. The number of hydrogen-bond acceptors (Lipinski definition) is 4. The number of nitrogens with zero attached hydrogens (tertiary/aromatic N) is 2. The van der Waals surface area contributed by atoms with Gasteiger partial charge in [-0.1, -0.05) is 19.1 Å². The summed E-state index contributed by atoms with van der Waals surface area (Å²) < 4.78 is 5.74. The van der Waals surface area contributed by atoms with Gasteiger partial charge in [0.25, 0.3) is 0 Å². The number of rotatable bonds is 6. The van der Waals surface area contributed by atoms with Crippen LogP contribution in [-0.2, 0) is 0 Å². The van der Waals surface area contributed by atoms with Gasteiger partial charge >= 0.3 is 0 Å². The van der Waals surface area contributed by atoms with E-state index < -0.39 is 0 Å². The maximum absolute atomic E-state index is 5.74. The average molecular weight is 257 g/mol. The molecule has 1 N–H and O–H groups in total. The molecule has 1 aromatic carbocycles. The standard InChI is InChI=1S/C15H19N3O/c1-3-11-19-14-8-6-5-7-12(14)13-9-10-15(16-4-2)18-17-13/h5-10H,3-4,11H2,1-2H3,(H,16,18). The molecule has 0 aliphatic carbocycles. The molecule has 0 atom stereocenters. The summed E-state index contributed by atoms with van der Waals surface area (Å²) in [5, 5.41) is 11.5. The number of ether oxygens (including phenoxy) is 1. The van der Waals surface area contributed by atoms with Crippen molar-refractivity contribution in [3.8, 4) is 17.0 Å². The molecule has 19 heavy (non-hydrogen) atoms. The highest BCUT2D eigenvalue weighted by Gasteiger charge is 2.07. The van der Waals surface area contributed by atoms with E-state index in [1.54, 1.807) is 0 Å². The zero-order chi connectivity index (χ0) is 13.5. The van der Waals surface area contributed by atoms with E-state index in [4.69, 9.17) is 4.74 Å². The molecule has 4 heteroatoms. The molecule has 1 heterocycles. The van der Waals surface area contributed by atoms with Crippen molar-refractivity contribution in [1.82, 2.24) is 10.2 Å². The quantitative estimate of drug-likeness (QED) is 0.862. The van der Waals surface area contributed by atoms with E-state index in [0.717, 1.165) is 35.8 Å². The zero-order valence-corrected chi connectivity index (χ0v) is 11.4. The summed E-state index contributed by atoms with van der Waals surface area (Å²) in [4.78, 5) is 0. The van der Waals surface area contributed by atoms with Gasteiger partial charge in [0.2, 0.25) is 0 Å². The number of aromatic nitrogens is 2. The van der Waals surface area contributed by atoms with Crippen LogP contribution in [0.1, 0.15) is 20.3 Å². The minimum absolute atomic E-state index is 0.708. The van der Waals surface area contributed by atoms with Crippen LogP contribution in [0.25, 0.3) is 11.3 Å². The molecular formula is C15H19N3O. The van der Waals surface area contributed by atoms with Crippen LogP contribution < -0.4 is 10.1 Å². The van der Waals surface area contributed by atoms with E-state index >= 15 is 0 Å². The van der Waals surface area contributed by atoms with E-state index in [-0.39, 0.29) is 0 Å². The van der Waals surface area contributed by atoms with E-state index in [1.165, 1.54) is 0 Å². The SMILES string of the molecule is CCCOc1ccccc1-c1ccc(NCC)nn1. The Morgan fingerprint density at radius 1 is 1.05 bits per heavy atom. The smallest absolute Gasteiger partial charge is 0.148 e. The minimum atomic E-state index is 0.708. The number of nitrogens with one attached hydrogen (secondary N) is 1. The summed E-state index contributed by atoms with van der Waals surface area (Å²) in [6, 6.07) is 11.8. The molecule has 0 unspecified atom stereocenters. The van der Waals surface area contributed by atoms with Crippen LogP contribution in [0, 0.1) is 0 Å². The second-order valence-electron chi connectivity index (χ2n) is 4.18. The van der Waals surface area contributed by atoms with Gasteiger partial charge in [-0.3, -0.25) is 0 Å². The lowest BCUT2D eigenvalue weighted by atomic mass is 10.1. The van der Waals surface area contributed by atoms with Crippen LogP contribution in [-0.4, -0.2) is 23.3 Å². The fourth-order valence-corrected chi connectivity index (χ4v) is 1.77. The summed E-state index contributed by atoms with van der Waals surface area (Å²) in [6.07, 6.45) is 0.985. The van der Waals surface area contributed by atoms with Crippen molar-refractivity contribution in [2.45, 2.75) is 20.3 Å². The molecular weight excluding hydrogens is 238 g/mol. The summed E-state index contributed by atoms with van der Waals surface area (Å²) in [5.41, 5.74) is 1.81. The molecule has 4 nitrogen and oxygen atoms in total. The van der Waals surface area contributed by atoms with Crippen LogP contribution in [0.4, 0.5) is 5.82 Å². The summed E-state index contributed by atoms with van der Waals surface area (Å²) >= 11 is 0. The van der Waals surface area contributed by atoms with Crippen LogP contribution in [0.15, 0.2) is 36.4 Å². The lowest BCUT2D eigenvalue weighted by Gasteiger charge is -2.10. The molecule has 100 valence electrons. The topological polar surface area (TPSA) is 47.0 Å². The molecule has 0 bridgehead atoms. The van der Waals surface area contributed by atoms with Crippen LogP contribution in [0.2, 0.25) is 0 Å². The number of benzene rings is 1. The molecule has 0 radical (unpaired) electrons. The van der Waals surface area contributed by atoms with Gasteiger partial charge in [-0.15, -0.1) is 10.2 Å². The first kappa shape index (κ1) is 13.3. The summed E-state index contributed by atoms with van der Waals surface area (Å²) in [7, 11) is 0. The third-order valence-electron chi connectivity index (χ3n) is 2.65. The van der Waals surface area contributed by atoms with Crippen LogP contribution >= 0.6 is 0 Å². The van der Waals surface area contributed by atoms with Gasteiger partial charge in [0, 0.05) is 12.1 Å². The molecule has 2 rings (SSSR count). The van der Waals surface area contributed by atoms with Gasteiger partial charge in [-0.25, -0.2) is 0 Å². The molecule has 0 amide bonds. The fourth-order valence-electron chi connectivity index (χ4n) is 1.77. The van der Waals surface area contributed by atoms with Gasteiger partial charge < -0.3 is 10.1 Å². The monoisotopic (exact) mass is 257 g/mol. The third kappa shape index (κ3) is 3.44. The number of para-hydroxylation sites is 1. The maximum Gasteiger partial charge on any atom is 0.148 e. The average Bonchev–Trinajstić information content (AvgIpc) is 2.47. The largest absolute Gasteiger partial charge is 0.493 e. The molecule has 0 spiro atoms. The first-order valence-electron chi connectivity index (χ1n) is 6.65. The summed E-state index contributed by atoms with van der Waals surface area (Å²) in [6.45, 7) is 5.67. The zero-order valence-electron chi connectivity index (χ0n) is 11.4. The maximum atomic E-state index is 5.74. The van der Waals surface area contributed by atoms with Gasteiger partial charge in [0.15, 0.2) is 0 Å². The second kappa shape index (κ2) is 6.73. The van der Waals surface area contributed by atoms with E-state index in [0.29, 0.717) is 6.61 Å². The van der Waals surface area contributed by atoms with Crippen molar-refractivity contribution in [2.75, 3.05) is 18.5 Å². The fraction of sp³-hybridized carbons (Fsp3) is 0.333. The Labute approximate surface area is 113 Å². The van der Waals surface area contributed by atoms with Crippen molar-refractivity contribution in [3.05, 3.63) is 36.4 Å². The van der Waals surface area contributed by atoms with Gasteiger partial charge in [-0.05, 0) is 37.6 Å². The predicted octanol–water partition coefficient (Wildman–Crippen LogP) is 3.36. The molecule has 2 aromatic rings. The van der Waals surface area contributed by atoms with Gasteiger partial charge in [0.05, 0.1) is 12.3 Å². The molecule has 0 fully saturated rings. The Morgan fingerprint density at radius 3 is 2.58 bits per heavy atom. The Bertz CT molecular complexity index is 511. The lowest BCUT2D eigenvalue weighted by Crippen LogP contribution is -2.01. The predicted molar refractivity (Wildman–Crippen MR) is 77.4 cm³/mol. The highest BCUT2D eigenvalue weighted by molar-refractivity contribution is 5.67. The van der Waals surface area contributed by atoms with E-state index in [2.05, 4.69) is 22.4 Å². The Kier molecular flexibility index (Phi) is 4.72. The van der Waals surface area contributed by atoms with Crippen LogP contribution in [0.3, 0.4) is 0 Å². The van der Waals surface area contributed by atoms with Crippen LogP contribution in [0.5, 0.6) is 5.75 Å². The molecule has 0 saturated carbocycles. The molecule has 0 aliphatic rings. The Morgan fingerprint density at radius 2 is 1.89 bits per heavy atom. The lowest BCUT2D eigenvalue weighted by molar-refractivity contribution is 0.318. The molecule has 1 aromatic heterocycles. The van der Waals surface area contributed by atoms with E-state index in [1.807, 2.05) is 43.3 Å². The molecule has 0 saturated heterocycles. The highest BCUT2D eigenvalue weighted by Crippen LogP contribution is 2.28. The number of hydrogen-bond donors (Lipinski definition) is 1. The van der Waals surface area contributed by atoms with Crippen molar-refractivity contribution < 1.29 is 4.74 Å². The second-order valence-corrected chi connectivity index (χ2v) is 4.18. The third-order valence-corrected chi connectivity index (χ3v) is 2.65. The Balaban J connectivity index is 2.25. The number of anilines is 1. The Hall–Kier alpha value is -2.10. The molecule has 0 aliphatic heterocycles. The van der Waals surface area contributed by atoms with Crippen molar-refractivity contribution >= 4 is 5.82 Å². The highest BCUT2D eigenvalue weighted by atomic mass is 16.5. The van der Waals surface area contributed by atoms with Crippen molar-refractivity contribution in [2.24, 2.45) is 0 Å². The van der Waals surface area contributed by atoms with Gasteiger partial charge in [-0.2, -0.15) is 0 Å². The van der Waals surface area contributed by atoms with E-state index in [9.17, 15) is 0 Å².